The predicted octanol–water partition coefficient (Wildman–Crippen LogP) is 3.10. The zero-order valence-corrected chi connectivity index (χ0v) is 8.80. The van der Waals surface area contributed by atoms with Gasteiger partial charge in [-0.1, -0.05) is 44.9 Å². The van der Waals surface area contributed by atoms with Gasteiger partial charge in [0, 0.05) is 0 Å². The lowest BCUT2D eigenvalue weighted by Crippen LogP contribution is -2.24. The summed E-state index contributed by atoms with van der Waals surface area (Å²) in [6, 6.07) is 2.25. The van der Waals surface area contributed by atoms with Crippen molar-refractivity contribution in [3.63, 3.8) is 0 Å². The SMILES string of the molecule is C=CC(F)[SiH](CCC)CCC. The lowest BCUT2D eigenvalue weighted by Gasteiger charge is -2.14. The molecule has 0 aliphatic heterocycles. The van der Waals surface area contributed by atoms with E-state index in [0.29, 0.717) is 0 Å². The van der Waals surface area contributed by atoms with Crippen molar-refractivity contribution < 1.29 is 4.39 Å². The summed E-state index contributed by atoms with van der Waals surface area (Å²) in [5.74, 6) is -0.658. The van der Waals surface area contributed by atoms with Crippen molar-refractivity contribution in [3.05, 3.63) is 12.7 Å². The fraction of sp³-hybridized carbons (Fsp3) is 0.778. The smallest absolute Gasteiger partial charge is 0.103 e. The van der Waals surface area contributed by atoms with Crippen LogP contribution in [0.4, 0.5) is 4.39 Å². The van der Waals surface area contributed by atoms with Gasteiger partial charge in [0.15, 0.2) is 0 Å². The molecule has 0 spiro atoms. The molecular weight excluding hydrogens is 155 g/mol. The van der Waals surface area contributed by atoms with E-state index in [2.05, 4.69) is 20.4 Å². The van der Waals surface area contributed by atoms with Crippen molar-refractivity contribution in [1.82, 2.24) is 0 Å². The van der Waals surface area contributed by atoms with Gasteiger partial charge in [-0.05, 0) is 0 Å². The van der Waals surface area contributed by atoms with Gasteiger partial charge in [-0.15, -0.1) is 6.58 Å². The second-order valence-corrected chi connectivity index (χ2v) is 6.33. The van der Waals surface area contributed by atoms with Crippen molar-refractivity contribution in [1.29, 1.82) is 0 Å². The van der Waals surface area contributed by atoms with Crippen LogP contribution in [0.1, 0.15) is 26.7 Å². The highest BCUT2D eigenvalue weighted by Gasteiger charge is 2.17. The molecule has 0 fully saturated rings. The topological polar surface area (TPSA) is 0 Å². The normalized spacial score (nSPS) is 13.5. The van der Waals surface area contributed by atoms with Gasteiger partial charge in [0.1, 0.15) is 5.79 Å². The van der Waals surface area contributed by atoms with E-state index in [1.807, 2.05) is 0 Å². The van der Waals surface area contributed by atoms with Crippen LogP contribution in [0.2, 0.25) is 12.1 Å². The first-order chi connectivity index (χ1) is 5.26. The summed E-state index contributed by atoms with van der Waals surface area (Å²) < 4.78 is 13.1. The molecular formula is C9H19FSi. The first kappa shape index (κ1) is 10.9. The summed E-state index contributed by atoms with van der Waals surface area (Å²) >= 11 is 0. The van der Waals surface area contributed by atoms with Crippen LogP contribution in [0.25, 0.3) is 0 Å². The lowest BCUT2D eigenvalue weighted by molar-refractivity contribution is 0.496. The molecule has 0 N–H and O–H groups in total. The maximum Gasteiger partial charge on any atom is 0.103 e. The largest absolute Gasteiger partial charge is 0.247 e. The van der Waals surface area contributed by atoms with Crippen molar-refractivity contribution in [2.24, 2.45) is 0 Å². The number of alkyl halides is 1. The van der Waals surface area contributed by atoms with Crippen LogP contribution in [-0.2, 0) is 0 Å². The zero-order chi connectivity index (χ0) is 8.69. The van der Waals surface area contributed by atoms with Gasteiger partial charge >= 0.3 is 0 Å². The van der Waals surface area contributed by atoms with Gasteiger partial charge in [0.05, 0.1) is 8.80 Å². The molecule has 0 saturated carbocycles. The van der Waals surface area contributed by atoms with Crippen molar-refractivity contribution >= 4 is 8.80 Å². The van der Waals surface area contributed by atoms with E-state index in [1.54, 1.807) is 0 Å². The lowest BCUT2D eigenvalue weighted by atomic mass is 10.6. The van der Waals surface area contributed by atoms with Crippen molar-refractivity contribution in [2.75, 3.05) is 0 Å². The Morgan fingerprint density at radius 1 is 1.36 bits per heavy atom. The van der Waals surface area contributed by atoms with Gasteiger partial charge in [-0.25, -0.2) is 4.39 Å². The van der Waals surface area contributed by atoms with Crippen molar-refractivity contribution in [3.8, 4) is 0 Å². The summed E-state index contributed by atoms with van der Waals surface area (Å²) in [4.78, 5) is 0. The van der Waals surface area contributed by atoms with E-state index >= 15 is 0 Å². The van der Waals surface area contributed by atoms with E-state index in [1.165, 1.54) is 6.08 Å². The van der Waals surface area contributed by atoms with E-state index in [9.17, 15) is 4.39 Å². The molecule has 11 heavy (non-hydrogen) atoms. The molecule has 0 aromatic carbocycles. The predicted molar refractivity (Wildman–Crippen MR) is 52.4 cm³/mol. The van der Waals surface area contributed by atoms with Crippen LogP contribution in [0.5, 0.6) is 0 Å². The molecule has 0 saturated heterocycles. The fourth-order valence-corrected chi connectivity index (χ4v) is 4.19. The van der Waals surface area contributed by atoms with Gasteiger partial charge in [-0.3, -0.25) is 0 Å². The van der Waals surface area contributed by atoms with E-state index in [0.717, 1.165) is 24.9 Å². The molecule has 0 heterocycles. The minimum absolute atomic E-state index is 0.658. The number of allylic oxidation sites excluding steroid dienone is 1. The number of halogens is 1. The molecule has 2 heteroatoms. The number of hydrogen-bond acceptors (Lipinski definition) is 0. The molecule has 0 radical (unpaired) electrons. The molecule has 66 valence electrons. The van der Waals surface area contributed by atoms with Crippen LogP contribution >= 0.6 is 0 Å². The third-order valence-corrected chi connectivity index (χ3v) is 5.81. The van der Waals surface area contributed by atoms with Gasteiger partial charge in [0.25, 0.3) is 0 Å². The Labute approximate surface area is 71.1 Å². The molecule has 0 aromatic heterocycles. The highest BCUT2D eigenvalue weighted by molar-refractivity contribution is 6.60. The Bertz CT molecular complexity index is 97.7. The third kappa shape index (κ3) is 4.35. The Kier molecular flexibility index (Phi) is 6.52. The van der Waals surface area contributed by atoms with Gasteiger partial charge in [-0.2, -0.15) is 0 Å². The Morgan fingerprint density at radius 3 is 2.09 bits per heavy atom. The summed E-state index contributed by atoms with van der Waals surface area (Å²) in [7, 11) is -1.11. The Balaban J connectivity index is 3.75. The second-order valence-electron chi connectivity index (χ2n) is 3.02. The molecule has 0 amide bonds. The molecule has 0 nitrogen and oxygen atoms in total. The van der Waals surface area contributed by atoms with Crippen molar-refractivity contribution in [2.45, 2.75) is 44.6 Å². The van der Waals surface area contributed by atoms with E-state index in [4.69, 9.17) is 0 Å². The molecule has 0 aliphatic rings. The molecule has 0 bridgehead atoms. The highest BCUT2D eigenvalue weighted by Crippen LogP contribution is 2.13. The standard InChI is InChI=1S/C9H19FSi/c1-4-7-11(8-5-2)9(10)6-3/h6,9,11H,3-5,7-8H2,1-2H3. The van der Waals surface area contributed by atoms with E-state index < -0.39 is 14.6 Å². The van der Waals surface area contributed by atoms with E-state index in [-0.39, 0.29) is 0 Å². The fourth-order valence-electron chi connectivity index (χ4n) is 1.40. The summed E-state index contributed by atoms with van der Waals surface area (Å²) in [5, 5.41) is 0. The average molecular weight is 174 g/mol. The summed E-state index contributed by atoms with van der Waals surface area (Å²) in [5.41, 5.74) is 0. The van der Waals surface area contributed by atoms with Crippen LogP contribution in [0, 0.1) is 0 Å². The first-order valence-corrected chi connectivity index (χ1v) is 6.82. The molecule has 1 unspecified atom stereocenters. The third-order valence-electron chi connectivity index (χ3n) is 1.99. The maximum absolute atomic E-state index is 13.1. The Hall–Kier alpha value is -0.113. The summed E-state index contributed by atoms with van der Waals surface area (Å²) in [6.07, 6.45) is 3.75. The van der Waals surface area contributed by atoms with Crippen LogP contribution < -0.4 is 0 Å². The zero-order valence-electron chi connectivity index (χ0n) is 7.65. The average Bonchev–Trinajstić information content (AvgIpc) is 2.03. The molecule has 1 atom stereocenters. The minimum Gasteiger partial charge on any atom is -0.247 e. The first-order valence-electron chi connectivity index (χ1n) is 4.52. The second kappa shape index (κ2) is 6.59. The quantitative estimate of drug-likeness (QED) is 0.429. The Morgan fingerprint density at radius 2 is 1.82 bits per heavy atom. The van der Waals surface area contributed by atoms with Crippen LogP contribution in [0.3, 0.4) is 0 Å². The molecule has 0 rings (SSSR count). The van der Waals surface area contributed by atoms with Crippen LogP contribution in [-0.4, -0.2) is 14.6 Å². The molecule has 0 aromatic rings. The highest BCUT2D eigenvalue weighted by atomic mass is 28.3. The van der Waals surface area contributed by atoms with Gasteiger partial charge < -0.3 is 0 Å². The number of rotatable bonds is 6. The number of hydrogen-bond donors (Lipinski definition) is 0. The summed E-state index contributed by atoms with van der Waals surface area (Å²) in [6.45, 7) is 7.77. The maximum atomic E-state index is 13.1. The molecule has 0 aliphatic carbocycles. The van der Waals surface area contributed by atoms with Gasteiger partial charge in [0.2, 0.25) is 0 Å². The minimum atomic E-state index is -1.11. The van der Waals surface area contributed by atoms with Crippen LogP contribution in [0.15, 0.2) is 12.7 Å². The monoisotopic (exact) mass is 174 g/mol.